The van der Waals surface area contributed by atoms with Crippen molar-refractivity contribution in [1.82, 2.24) is 9.80 Å². The molecular weight excluding hydrogens is 384 g/mol. The van der Waals surface area contributed by atoms with Gasteiger partial charge in [0.15, 0.2) is 21.3 Å². The fraction of sp³-hybridized carbons (Fsp3) is 0.579. The van der Waals surface area contributed by atoms with Crippen LogP contribution in [0.3, 0.4) is 0 Å². The number of rotatable bonds is 4. The zero-order chi connectivity index (χ0) is 19.9. The first-order valence-corrected chi connectivity index (χ1v) is 11.3. The van der Waals surface area contributed by atoms with Gasteiger partial charge in [0, 0.05) is 32.6 Å². The summed E-state index contributed by atoms with van der Waals surface area (Å²) in [4.78, 5) is 28.4. The highest BCUT2D eigenvalue weighted by atomic mass is 32.2. The van der Waals surface area contributed by atoms with Crippen molar-refractivity contribution >= 4 is 21.7 Å². The van der Waals surface area contributed by atoms with E-state index in [1.807, 2.05) is 18.2 Å². The summed E-state index contributed by atoms with van der Waals surface area (Å²) in [7, 11) is -1.36. The second-order valence-electron chi connectivity index (χ2n) is 7.68. The first-order chi connectivity index (χ1) is 13.3. The number of likely N-dealkylation sites (tertiary alicyclic amines) is 1. The van der Waals surface area contributed by atoms with Crippen LogP contribution in [0, 0.1) is 5.92 Å². The molecule has 0 bridgehead atoms. The third kappa shape index (κ3) is 3.80. The molecule has 4 rings (SSSR count). The zero-order valence-corrected chi connectivity index (χ0v) is 16.6. The third-order valence-corrected chi connectivity index (χ3v) is 7.31. The van der Waals surface area contributed by atoms with Crippen LogP contribution in [0.15, 0.2) is 18.2 Å². The van der Waals surface area contributed by atoms with Gasteiger partial charge in [0.2, 0.25) is 11.8 Å². The first kappa shape index (κ1) is 19.0. The van der Waals surface area contributed by atoms with Crippen LogP contribution in [0.4, 0.5) is 0 Å². The van der Waals surface area contributed by atoms with Gasteiger partial charge >= 0.3 is 0 Å². The molecule has 0 saturated carbocycles. The first-order valence-electron chi connectivity index (χ1n) is 9.46. The number of nitrogens with zero attached hydrogens (tertiary/aromatic N) is 2. The van der Waals surface area contributed by atoms with E-state index < -0.39 is 15.8 Å². The molecule has 3 aliphatic rings. The molecule has 8 nitrogen and oxygen atoms in total. The van der Waals surface area contributed by atoms with Gasteiger partial charge in [-0.05, 0) is 24.1 Å². The predicted octanol–water partition coefficient (Wildman–Crippen LogP) is 0.452. The number of sulfone groups is 1. The molecule has 152 valence electrons. The monoisotopic (exact) mass is 408 g/mol. The minimum Gasteiger partial charge on any atom is -0.486 e. The quantitative estimate of drug-likeness (QED) is 0.718. The summed E-state index contributed by atoms with van der Waals surface area (Å²) in [5.41, 5.74) is 0.920. The second kappa shape index (κ2) is 7.27. The van der Waals surface area contributed by atoms with E-state index in [0.717, 1.165) is 5.56 Å². The molecule has 0 N–H and O–H groups in total. The van der Waals surface area contributed by atoms with Gasteiger partial charge in [0.25, 0.3) is 0 Å². The lowest BCUT2D eigenvalue weighted by Crippen LogP contribution is -2.39. The second-order valence-corrected chi connectivity index (χ2v) is 9.91. The maximum Gasteiger partial charge on any atom is 0.228 e. The number of amides is 2. The van der Waals surface area contributed by atoms with Crippen LogP contribution in [-0.4, -0.2) is 74.4 Å². The molecule has 2 atom stereocenters. The van der Waals surface area contributed by atoms with Gasteiger partial charge in [-0.3, -0.25) is 9.59 Å². The lowest BCUT2D eigenvalue weighted by molar-refractivity contribution is -0.135. The lowest BCUT2D eigenvalue weighted by Gasteiger charge is -2.25. The van der Waals surface area contributed by atoms with Crippen LogP contribution in [0.1, 0.15) is 18.4 Å². The van der Waals surface area contributed by atoms with E-state index >= 15 is 0 Å². The SMILES string of the molecule is CN(Cc1ccc2c(c1)OCCO2)C(=O)[C@H]1CC(=O)N([C@@H]2CCS(=O)(=O)C2)C1. The van der Waals surface area contributed by atoms with Crippen molar-refractivity contribution in [3.8, 4) is 11.5 Å². The lowest BCUT2D eigenvalue weighted by atomic mass is 10.1. The third-order valence-electron chi connectivity index (χ3n) is 5.56. The molecular formula is C19H24N2O6S. The van der Waals surface area contributed by atoms with Crippen molar-refractivity contribution in [2.45, 2.75) is 25.4 Å². The summed E-state index contributed by atoms with van der Waals surface area (Å²) in [5, 5.41) is 0. The smallest absolute Gasteiger partial charge is 0.228 e. The normalized spacial score (nSPS) is 25.8. The average molecular weight is 408 g/mol. The number of hydrogen-bond donors (Lipinski definition) is 0. The van der Waals surface area contributed by atoms with Crippen LogP contribution in [0.25, 0.3) is 0 Å². The van der Waals surface area contributed by atoms with Crippen LogP contribution in [0.2, 0.25) is 0 Å². The Morgan fingerprint density at radius 3 is 2.71 bits per heavy atom. The van der Waals surface area contributed by atoms with Gasteiger partial charge in [-0.2, -0.15) is 0 Å². The van der Waals surface area contributed by atoms with E-state index in [1.54, 1.807) is 16.8 Å². The highest BCUT2D eigenvalue weighted by Gasteiger charge is 2.42. The van der Waals surface area contributed by atoms with E-state index in [-0.39, 0.29) is 35.8 Å². The highest BCUT2D eigenvalue weighted by Crippen LogP contribution is 2.32. The summed E-state index contributed by atoms with van der Waals surface area (Å²) in [6, 6.07) is 5.31. The Morgan fingerprint density at radius 1 is 1.25 bits per heavy atom. The maximum atomic E-state index is 12.8. The average Bonchev–Trinajstić information content (AvgIpc) is 3.22. The van der Waals surface area contributed by atoms with E-state index in [9.17, 15) is 18.0 Å². The van der Waals surface area contributed by atoms with Crippen molar-refractivity contribution in [2.75, 3.05) is 38.3 Å². The van der Waals surface area contributed by atoms with Gasteiger partial charge in [-0.15, -0.1) is 0 Å². The number of carbonyl (C=O) groups is 2. The molecule has 9 heteroatoms. The molecule has 0 radical (unpaired) electrons. The van der Waals surface area contributed by atoms with Crippen molar-refractivity contribution in [3.63, 3.8) is 0 Å². The van der Waals surface area contributed by atoms with E-state index in [1.165, 1.54) is 0 Å². The van der Waals surface area contributed by atoms with Gasteiger partial charge in [-0.25, -0.2) is 8.42 Å². The van der Waals surface area contributed by atoms with Crippen molar-refractivity contribution in [2.24, 2.45) is 5.92 Å². The fourth-order valence-corrected chi connectivity index (χ4v) is 5.85. The molecule has 28 heavy (non-hydrogen) atoms. The summed E-state index contributed by atoms with van der Waals surface area (Å²) < 4.78 is 34.5. The fourth-order valence-electron chi connectivity index (χ4n) is 4.12. The number of carbonyl (C=O) groups excluding carboxylic acids is 2. The maximum absolute atomic E-state index is 12.8. The Balaban J connectivity index is 1.38. The van der Waals surface area contributed by atoms with Crippen molar-refractivity contribution < 1.29 is 27.5 Å². The number of hydrogen-bond acceptors (Lipinski definition) is 6. The van der Waals surface area contributed by atoms with E-state index in [0.29, 0.717) is 44.2 Å². The van der Waals surface area contributed by atoms with E-state index in [2.05, 4.69) is 0 Å². The van der Waals surface area contributed by atoms with Crippen LogP contribution >= 0.6 is 0 Å². The standard InChI is InChI=1S/C19H24N2O6S/c1-20(10-13-2-3-16-17(8-13)27-6-5-26-16)19(23)14-9-18(22)21(11-14)15-4-7-28(24,25)12-15/h2-3,8,14-15H,4-7,9-12H2,1H3/t14-,15+/m0/s1. The van der Waals surface area contributed by atoms with Gasteiger partial charge in [0.1, 0.15) is 13.2 Å². The van der Waals surface area contributed by atoms with Crippen molar-refractivity contribution in [1.29, 1.82) is 0 Å². The Bertz CT molecular complexity index is 900. The summed E-state index contributed by atoms with van der Waals surface area (Å²) >= 11 is 0. The molecule has 2 fully saturated rings. The Hall–Kier alpha value is -2.29. The predicted molar refractivity (Wildman–Crippen MR) is 101 cm³/mol. The minimum atomic E-state index is -3.07. The zero-order valence-electron chi connectivity index (χ0n) is 15.8. The van der Waals surface area contributed by atoms with Gasteiger partial charge in [0.05, 0.1) is 17.4 Å². The van der Waals surface area contributed by atoms with Crippen LogP contribution in [0.5, 0.6) is 11.5 Å². The molecule has 1 aromatic rings. The topological polar surface area (TPSA) is 93.2 Å². The Labute approximate surface area is 164 Å². The largest absolute Gasteiger partial charge is 0.486 e. The Kier molecular flexibility index (Phi) is 4.95. The van der Waals surface area contributed by atoms with E-state index in [4.69, 9.17) is 9.47 Å². The van der Waals surface area contributed by atoms with Crippen LogP contribution in [-0.2, 0) is 26.0 Å². The van der Waals surface area contributed by atoms with Gasteiger partial charge < -0.3 is 19.3 Å². The molecule has 3 heterocycles. The molecule has 0 aliphatic carbocycles. The molecule has 0 aromatic heterocycles. The number of ether oxygens (including phenoxy) is 2. The Morgan fingerprint density at radius 2 is 2.00 bits per heavy atom. The van der Waals surface area contributed by atoms with Crippen molar-refractivity contribution in [3.05, 3.63) is 23.8 Å². The minimum absolute atomic E-state index is 0.00663. The summed E-state index contributed by atoms with van der Waals surface area (Å²) in [6.07, 6.45) is 0.600. The molecule has 2 saturated heterocycles. The van der Waals surface area contributed by atoms with Gasteiger partial charge in [-0.1, -0.05) is 6.07 Å². The molecule has 1 aromatic carbocycles. The van der Waals surface area contributed by atoms with Crippen LogP contribution < -0.4 is 9.47 Å². The number of benzene rings is 1. The molecule has 0 unspecified atom stereocenters. The summed E-state index contributed by atoms with van der Waals surface area (Å²) in [5.74, 6) is 0.830. The highest BCUT2D eigenvalue weighted by molar-refractivity contribution is 7.91. The molecule has 0 spiro atoms. The molecule has 2 amide bonds. The number of fused-ring (bicyclic) bond motifs is 1. The molecule has 3 aliphatic heterocycles. The summed E-state index contributed by atoms with van der Waals surface area (Å²) in [6.45, 7) is 1.72.